The second-order valence-electron chi connectivity index (χ2n) is 4.74. The van der Waals surface area contributed by atoms with Crippen molar-refractivity contribution >= 4 is 17.5 Å². The zero-order valence-corrected chi connectivity index (χ0v) is 11.1. The van der Waals surface area contributed by atoms with Crippen LogP contribution in [0.3, 0.4) is 0 Å². The summed E-state index contributed by atoms with van der Waals surface area (Å²) in [5.74, 6) is 0.172. The summed E-state index contributed by atoms with van der Waals surface area (Å²) in [6, 6.07) is 4.28. The fourth-order valence-electron chi connectivity index (χ4n) is 2.36. The second kappa shape index (κ2) is 4.19. The largest absolute Gasteiger partial charge is 0.444 e. The number of rotatable bonds is 2. The molecule has 1 aromatic heterocycles. The molecule has 0 spiro atoms. The van der Waals surface area contributed by atoms with Crippen molar-refractivity contribution in [3.63, 3.8) is 0 Å². The maximum Gasteiger partial charge on any atom is 0.264 e. The average molecular weight is 271 g/mol. The van der Waals surface area contributed by atoms with Crippen LogP contribution in [0.5, 0.6) is 0 Å². The molecule has 1 unspecified atom stereocenters. The molecule has 1 aromatic carbocycles. The Kier molecular flexibility index (Phi) is 2.60. The molecule has 0 saturated heterocycles. The zero-order chi connectivity index (χ0) is 14.4. The van der Waals surface area contributed by atoms with E-state index in [-0.39, 0.29) is 11.5 Å². The van der Waals surface area contributed by atoms with Gasteiger partial charge >= 0.3 is 0 Å². The van der Waals surface area contributed by atoms with E-state index in [0.29, 0.717) is 22.9 Å². The first-order chi connectivity index (χ1) is 9.50. The lowest BCUT2D eigenvalue weighted by Crippen LogP contribution is -2.32. The number of amides is 2. The highest BCUT2D eigenvalue weighted by atomic mass is 16.4. The molecule has 1 aliphatic heterocycles. The van der Waals surface area contributed by atoms with Gasteiger partial charge in [0.2, 0.25) is 5.89 Å². The minimum Gasteiger partial charge on any atom is -0.444 e. The van der Waals surface area contributed by atoms with Gasteiger partial charge in [0.15, 0.2) is 0 Å². The van der Waals surface area contributed by atoms with Gasteiger partial charge in [-0.2, -0.15) is 0 Å². The first-order valence-corrected chi connectivity index (χ1v) is 6.19. The monoisotopic (exact) mass is 271 g/mol. The summed E-state index contributed by atoms with van der Waals surface area (Å²) in [6.45, 7) is 3.45. The van der Waals surface area contributed by atoms with Gasteiger partial charge in [-0.3, -0.25) is 14.5 Å². The number of hydrogen-bond donors (Lipinski definition) is 1. The molecule has 0 saturated carbocycles. The van der Waals surface area contributed by atoms with Crippen molar-refractivity contribution in [1.82, 2.24) is 9.88 Å². The van der Waals surface area contributed by atoms with Crippen LogP contribution in [0.1, 0.15) is 45.3 Å². The van der Waals surface area contributed by atoms with E-state index >= 15 is 0 Å². The molecule has 0 fully saturated rings. The first-order valence-electron chi connectivity index (χ1n) is 6.19. The van der Waals surface area contributed by atoms with Gasteiger partial charge in [-0.1, -0.05) is 6.07 Å². The number of carbonyl (C=O) groups excluding carboxylic acids is 2. The molecule has 6 heteroatoms. The number of nitrogen functional groups attached to an aromatic ring is 1. The molecule has 3 rings (SSSR count). The van der Waals surface area contributed by atoms with Crippen molar-refractivity contribution in [2.45, 2.75) is 19.9 Å². The summed E-state index contributed by atoms with van der Waals surface area (Å²) in [6.07, 6.45) is 1.55. The number of nitrogens with zero attached hydrogens (tertiary/aromatic N) is 2. The minimum absolute atomic E-state index is 0.257. The van der Waals surface area contributed by atoms with Gasteiger partial charge in [-0.05, 0) is 26.0 Å². The van der Waals surface area contributed by atoms with Crippen molar-refractivity contribution in [3.05, 3.63) is 47.2 Å². The number of hydrogen-bond acceptors (Lipinski definition) is 5. The van der Waals surface area contributed by atoms with Gasteiger partial charge in [0.05, 0.1) is 17.3 Å². The highest BCUT2D eigenvalue weighted by Gasteiger charge is 2.41. The van der Waals surface area contributed by atoms with Gasteiger partial charge in [0.25, 0.3) is 11.8 Å². The molecule has 0 aliphatic carbocycles. The van der Waals surface area contributed by atoms with Crippen LogP contribution in [0.25, 0.3) is 0 Å². The molecule has 2 aromatic rings. The molecule has 20 heavy (non-hydrogen) atoms. The Balaban J connectivity index is 2.04. The maximum atomic E-state index is 12.4. The molecular formula is C14H13N3O3. The lowest BCUT2D eigenvalue weighted by Gasteiger charge is -2.19. The van der Waals surface area contributed by atoms with Crippen LogP contribution in [0, 0.1) is 6.92 Å². The van der Waals surface area contributed by atoms with E-state index in [9.17, 15) is 9.59 Å². The van der Waals surface area contributed by atoms with Gasteiger partial charge in [-0.15, -0.1) is 0 Å². The molecular weight excluding hydrogens is 258 g/mol. The average Bonchev–Trinajstić information content (AvgIpc) is 2.94. The number of aryl methyl sites for hydroxylation is 1. The molecule has 2 amide bonds. The highest BCUT2D eigenvalue weighted by Crippen LogP contribution is 2.33. The van der Waals surface area contributed by atoms with Crippen molar-refractivity contribution in [1.29, 1.82) is 0 Å². The van der Waals surface area contributed by atoms with Crippen molar-refractivity contribution in [2.24, 2.45) is 0 Å². The van der Waals surface area contributed by atoms with Crippen LogP contribution in [-0.2, 0) is 0 Å². The van der Waals surface area contributed by atoms with E-state index < -0.39 is 11.9 Å². The van der Waals surface area contributed by atoms with E-state index in [1.54, 1.807) is 38.2 Å². The topological polar surface area (TPSA) is 89.4 Å². The number of imide groups is 1. The number of fused-ring (bicyclic) bond motifs is 1. The lowest BCUT2D eigenvalue weighted by molar-refractivity contribution is 0.0573. The number of anilines is 1. The molecule has 6 nitrogen and oxygen atoms in total. The van der Waals surface area contributed by atoms with Crippen LogP contribution in [0.2, 0.25) is 0 Å². The van der Waals surface area contributed by atoms with Crippen LogP contribution < -0.4 is 5.73 Å². The van der Waals surface area contributed by atoms with Gasteiger partial charge in [0.1, 0.15) is 11.8 Å². The Labute approximate surface area is 115 Å². The Hall–Kier alpha value is -2.63. The molecule has 0 radical (unpaired) electrons. The number of oxazole rings is 1. The molecule has 0 bridgehead atoms. The van der Waals surface area contributed by atoms with E-state index in [0.717, 1.165) is 4.90 Å². The molecule has 2 heterocycles. The fraction of sp³-hybridized carbons (Fsp3) is 0.214. The van der Waals surface area contributed by atoms with Crippen molar-refractivity contribution in [3.8, 4) is 0 Å². The Morgan fingerprint density at radius 2 is 2.05 bits per heavy atom. The Morgan fingerprint density at radius 3 is 2.65 bits per heavy atom. The summed E-state index contributed by atoms with van der Waals surface area (Å²) in [4.78, 5) is 30.0. The lowest BCUT2D eigenvalue weighted by atomic mass is 10.1. The minimum atomic E-state index is -0.574. The summed E-state index contributed by atoms with van der Waals surface area (Å²) in [7, 11) is 0. The van der Waals surface area contributed by atoms with E-state index in [2.05, 4.69) is 4.98 Å². The smallest absolute Gasteiger partial charge is 0.264 e. The number of carbonyl (C=O) groups is 2. The van der Waals surface area contributed by atoms with Gasteiger partial charge < -0.3 is 10.2 Å². The first kappa shape index (κ1) is 12.4. The fourth-order valence-corrected chi connectivity index (χ4v) is 2.36. The maximum absolute atomic E-state index is 12.4. The van der Waals surface area contributed by atoms with Crippen molar-refractivity contribution < 1.29 is 14.0 Å². The van der Waals surface area contributed by atoms with E-state index in [1.807, 2.05) is 0 Å². The van der Waals surface area contributed by atoms with Crippen molar-refractivity contribution in [2.75, 3.05) is 5.73 Å². The Morgan fingerprint density at radius 1 is 1.30 bits per heavy atom. The predicted molar refractivity (Wildman–Crippen MR) is 71.0 cm³/mol. The van der Waals surface area contributed by atoms with E-state index in [1.165, 1.54) is 0 Å². The van der Waals surface area contributed by atoms with Gasteiger partial charge in [-0.25, -0.2) is 4.98 Å². The standard InChI is InChI=1S/C14H13N3O3/c1-7-6-16-12(20-7)8(2)17-13(18)9-4-3-5-10(15)11(9)14(17)19/h3-6,8H,15H2,1-2H3. The highest BCUT2D eigenvalue weighted by molar-refractivity contribution is 6.23. The SMILES string of the molecule is Cc1cnc(C(C)N2C(=O)c3cccc(N)c3C2=O)o1. The van der Waals surface area contributed by atoms with Gasteiger partial charge in [0, 0.05) is 5.69 Å². The van der Waals surface area contributed by atoms with Crippen LogP contribution in [-0.4, -0.2) is 21.7 Å². The normalized spacial score (nSPS) is 15.6. The third-order valence-electron chi connectivity index (χ3n) is 3.36. The second-order valence-corrected chi connectivity index (χ2v) is 4.74. The summed E-state index contributed by atoms with van der Waals surface area (Å²) < 4.78 is 5.39. The Bertz CT molecular complexity index is 720. The molecule has 1 atom stereocenters. The number of aromatic nitrogens is 1. The summed E-state index contributed by atoms with van der Waals surface area (Å²) in [5.41, 5.74) is 6.68. The number of nitrogens with two attached hydrogens (primary N) is 1. The third kappa shape index (κ3) is 1.61. The van der Waals surface area contributed by atoms with E-state index in [4.69, 9.17) is 10.2 Å². The molecule has 102 valence electrons. The zero-order valence-electron chi connectivity index (χ0n) is 11.1. The number of benzene rings is 1. The summed E-state index contributed by atoms with van der Waals surface area (Å²) in [5, 5.41) is 0. The quantitative estimate of drug-likeness (QED) is 0.665. The summed E-state index contributed by atoms with van der Waals surface area (Å²) >= 11 is 0. The molecule has 1 aliphatic rings. The van der Waals surface area contributed by atoms with Crippen LogP contribution in [0.15, 0.2) is 28.8 Å². The van der Waals surface area contributed by atoms with Crippen LogP contribution in [0.4, 0.5) is 5.69 Å². The molecule has 2 N–H and O–H groups in total. The third-order valence-corrected chi connectivity index (χ3v) is 3.36. The van der Waals surface area contributed by atoms with Crippen LogP contribution >= 0.6 is 0 Å². The predicted octanol–water partition coefficient (Wildman–Crippen LogP) is 1.92.